The van der Waals surface area contributed by atoms with Crippen molar-refractivity contribution < 1.29 is 14.6 Å². The Hall–Kier alpha value is -3.16. The summed E-state index contributed by atoms with van der Waals surface area (Å²) in [6.45, 7) is 10.1. The van der Waals surface area contributed by atoms with E-state index in [1.54, 1.807) is 10.7 Å². The molecule has 1 amide bonds. The number of nitrogens with one attached hydrogen (secondary N) is 1. The number of pyridine rings is 1. The third-order valence-electron chi connectivity index (χ3n) is 4.62. The number of fused-ring (bicyclic) bond motifs is 1. The molecule has 0 saturated carbocycles. The summed E-state index contributed by atoms with van der Waals surface area (Å²) in [7, 11) is 0. The molecule has 0 spiro atoms. The number of imidazole rings is 1. The second-order valence-corrected chi connectivity index (χ2v) is 8.11. The van der Waals surface area contributed by atoms with E-state index in [1.807, 2.05) is 59.0 Å². The van der Waals surface area contributed by atoms with E-state index in [0.717, 1.165) is 28.3 Å². The van der Waals surface area contributed by atoms with Crippen LogP contribution in [0.2, 0.25) is 0 Å². The van der Waals surface area contributed by atoms with Gasteiger partial charge in [0.1, 0.15) is 5.75 Å². The number of amides is 1. The number of aryl methyl sites for hydroxylation is 2. The van der Waals surface area contributed by atoms with Gasteiger partial charge >= 0.3 is 6.09 Å². The van der Waals surface area contributed by atoms with Gasteiger partial charge in [-0.25, -0.2) is 19.3 Å². The molecule has 8 nitrogen and oxygen atoms in total. The van der Waals surface area contributed by atoms with Crippen molar-refractivity contribution in [2.45, 2.75) is 46.6 Å². The predicted octanol–water partition coefficient (Wildman–Crippen LogP) is 3.86. The number of carbonyl (C=O) groups is 1. The number of hydrogen-bond acceptors (Lipinski definition) is 5. The molecule has 0 radical (unpaired) electrons. The molecular weight excluding hydrogens is 370 g/mol. The Kier molecular flexibility index (Phi) is 5.72. The van der Waals surface area contributed by atoms with Crippen LogP contribution in [0.4, 0.5) is 4.79 Å². The fourth-order valence-corrected chi connectivity index (χ4v) is 3.56. The minimum absolute atomic E-state index is 0.170. The van der Waals surface area contributed by atoms with Gasteiger partial charge in [-0.2, -0.15) is 5.10 Å². The van der Waals surface area contributed by atoms with Crippen LogP contribution in [0, 0.1) is 19.8 Å². The maximum Gasteiger partial charge on any atom is 0.405 e. The van der Waals surface area contributed by atoms with Gasteiger partial charge in [-0.05, 0) is 58.2 Å². The van der Waals surface area contributed by atoms with Crippen molar-refractivity contribution in [1.82, 2.24) is 24.9 Å². The van der Waals surface area contributed by atoms with Crippen molar-refractivity contribution in [3.05, 3.63) is 42.0 Å². The van der Waals surface area contributed by atoms with E-state index in [1.165, 1.54) is 0 Å². The van der Waals surface area contributed by atoms with Crippen LogP contribution in [0.5, 0.6) is 5.75 Å². The first kappa shape index (κ1) is 20.6. The molecule has 29 heavy (non-hydrogen) atoms. The van der Waals surface area contributed by atoms with Crippen molar-refractivity contribution in [2.24, 2.45) is 5.92 Å². The number of ether oxygens (including phenoxy) is 1. The molecule has 3 rings (SSSR count). The first-order valence-corrected chi connectivity index (χ1v) is 9.57. The lowest BCUT2D eigenvalue weighted by Gasteiger charge is -2.28. The quantitative estimate of drug-likeness (QED) is 0.628. The monoisotopic (exact) mass is 397 g/mol. The van der Waals surface area contributed by atoms with Crippen LogP contribution < -0.4 is 10.1 Å². The molecule has 0 bridgehead atoms. The van der Waals surface area contributed by atoms with Gasteiger partial charge in [-0.1, -0.05) is 6.92 Å². The van der Waals surface area contributed by atoms with Crippen LogP contribution in [-0.2, 0) is 0 Å². The molecule has 8 heteroatoms. The number of carboxylic acid groups (broad SMARTS) is 1. The van der Waals surface area contributed by atoms with Crippen LogP contribution in [0.3, 0.4) is 0 Å². The van der Waals surface area contributed by atoms with Crippen LogP contribution in [0.15, 0.2) is 30.6 Å². The molecule has 1 atom stereocenters. The van der Waals surface area contributed by atoms with Gasteiger partial charge in [0.2, 0.25) is 0 Å². The van der Waals surface area contributed by atoms with E-state index >= 15 is 0 Å². The zero-order valence-corrected chi connectivity index (χ0v) is 17.4. The molecule has 0 saturated heterocycles. The summed E-state index contributed by atoms with van der Waals surface area (Å²) in [5, 5.41) is 15.8. The average Bonchev–Trinajstić information content (AvgIpc) is 2.99. The van der Waals surface area contributed by atoms with Crippen molar-refractivity contribution in [2.75, 3.05) is 6.61 Å². The summed E-state index contributed by atoms with van der Waals surface area (Å²) in [4.78, 5) is 20.1. The number of aromatic nitrogens is 4. The third kappa shape index (κ3) is 5.01. The molecular formula is C21H27N5O3. The van der Waals surface area contributed by atoms with Gasteiger partial charge < -0.3 is 15.2 Å². The summed E-state index contributed by atoms with van der Waals surface area (Å²) >= 11 is 0. The molecule has 0 aliphatic heterocycles. The number of hydrogen-bond donors (Lipinski definition) is 2. The Morgan fingerprint density at radius 3 is 2.72 bits per heavy atom. The first-order chi connectivity index (χ1) is 13.6. The Morgan fingerprint density at radius 1 is 1.28 bits per heavy atom. The van der Waals surface area contributed by atoms with Crippen molar-refractivity contribution in [3.8, 4) is 17.0 Å². The summed E-state index contributed by atoms with van der Waals surface area (Å²) in [6.07, 6.45) is 3.26. The maximum atomic E-state index is 10.9. The van der Waals surface area contributed by atoms with Crippen LogP contribution >= 0.6 is 0 Å². The first-order valence-electron chi connectivity index (χ1n) is 9.57. The van der Waals surface area contributed by atoms with Gasteiger partial charge in [0, 0.05) is 17.3 Å². The van der Waals surface area contributed by atoms with Crippen molar-refractivity contribution >= 4 is 11.7 Å². The molecule has 2 N–H and O–H groups in total. The van der Waals surface area contributed by atoms with Crippen LogP contribution in [-0.4, -0.2) is 42.9 Å². The largest absolute Gasteiger partial charge is 0.491 e. The molecule has 3 aromatic rings. The van der Waals surface area contributed by atoms with E-state index in [9.17, 15) is 4.79 Å². The molecule has 3 aromatic heterocycles. The van der Waals surface area contributed by atoms with Gasteiger partial charge in [0.05, 0.1) is 29.9 Å². The standard InChI is InChI=1S/C21H27N5O3/c1-13(10-21(4,5)25-20(27)28)12-29-18-7-6-17(24-15(18)3)16-8-9-22-26-11-14(2)23-19(16)26/h6-9,11,13,25H,10,12H2,1-5H3,(H,27,28)/t13-/m0/s1. The second-order valence-electron chi connectivity index (χ2n) is 8.11. The molecule has 0 unspecified atom stereocenters. The van der Waals surface area contributed by atoms with E-state index in [-0.39, 0.29) is 5.92 Å². The highest BCUT2D eigenvalue weighted by Gasteiger charge is 2.23. The van der Waals surface area contributed by atoms with Gasteiger partial charge in [-0.15, -0.1) is 0 Å². The Labute approximate surface area is 170 Å². The molecule has 3 heterocycles. The maximum absolute atomic E-state index is 10.9. The highest BCUT2D eigenvalue weighted by atomic mass is 16.5. The zero-order valence-electron chi connectivity index (χ0n) is 17.4. The van der Waals surface area contributed by atoms with E-state index in [4.69, 9.17) is 14.8 Å². The number of rotatable bonds is 7. The zero-order chi connectivity index (χ0) is 21.2. The lowest BCUT2D eigenvalue weighted by molar-refractivity contribution is 0.169. The molecule has 154 valence electrons. The summed E-state index contributed by atoms with van der Waals surface area (Å²) in [5.74, 6) is 0.887. The van der Waals surface area contributed by atoms with Crippen LogP contribution in [0.1, 0.15) is 38.6 Å². The number of nitrogens with zero attached hydrogens (tertiary/aromatic N) is 4. The Balaban J connectivity index is 1.71. The fraction of sp³-hybridized carbons (Fsp3) is 0.429. The second kappa shape index (κ2) is 8.06. The normalized spacial score (nSPS) is 12.7. The Morgan fingerprint density at radius 2 is 2.03 bits per heavy atom. The average molecular weight is 397 g/mol. The summed E-state index contributed by atoms with van der Waals surface area (Å²) in [5.41, 5.74) is 3.67. The Bertz CT molecular complexity index is 1030. The van der Waals surface area contributed by atoms with E-state index in [0.29, 0.717) is 18.8 Å². The van der Waals surface area contributed by atoms with Crippen molar-refractivity contribution in [1.29, 1.82) is 0 Å². The molecule has 0 fully saturated rings. The summed E-state index contributed by atoms with van der Waals surface area (Å²) in [6, 6.07) is 5.74. The van der Waals surface area contributed by atoms with Gasteiger partial charge in [0.15, 0.2) is 5.65 Å². The van der Waals surface area contributed by atoms with Crippen molar-refractivity contribution in [3.63, 3.8) is 0 Å². The topological polar surface area (TPSA) is 102 Å². The van der Waals surface area contributed by atoms with E-state index < -0.39 is 11.6 Å². The van der Waals surface area contributed by atoms with Crippen LogP contribution in [0.25, 0.3) is 16.9 Å². The minimum Gasteiger partial charge on any atom is -0.491 e. The highest BCUT2D eigenvalue weighted by Crippen LogP contribution is 2.26. The smallest absolute Gasteiger partial charge is 0.405 e. The van der Waals surface area contributed by atoms with E-state index in [2.05, 4.69) is 15.4 Å². The molecule has 0 aliphatic carbocycles. The summed E-state index contributed by atoms with van der Waals surface area (Å²) < 4.78 is 7.71. The predicted molar refractivity (Wildman–Crippen MR) is 110 cm³/mol. The lowest BCUT2D eigenvalue weighted by Crippen LogP contribution is -2.44. The highest BCUT2D eigenvalue weighted by molar-refractivity contribution is 5.74. The molecule has 0 aromatic carbocycles. The molecule has 0 aliphatic rings. The fourth-order valence-electron chi connectivity index (χ4n) is 3.56. The van der Waals surface area contributed by atoms with Gasteiger partial charge in [0.25, 0.3) is 0 Å². The lowest BCUT2D eigenvalue weighted by atomic mass is 9.92. The third-order valence-corrected chi connectivity index (χ3v) is 4.62. The SMILES string of the molecule is Cc1cn2nccc(-c3ccc(OC[C@@H](C)CC(C)(C)NC(=O)O)c(C)n3)c2n1. The van der Waals surface area contributed by atoms with Gasteiger partial charge in [-0.3, -0.25) is 0 Å². The minimum atomic E-state index is -1.02.